The molecule has 2 aliphatic carbocycles. The van der Waals surface area contributed by atoms with Crippen molar-refractivity contribution >= 4 is 0 Å². The van der Waals surface area contributed by atoms with Crippen molar-refractivity contribution in [2.45, 2.75) is 62.9 Å². The lowest BCUT2D eigenvalue weighted by Gasteiger charge is -2.41. The van der Waals surface area contributed by atoms with E-state index in [0.717, 1.165) is 25.0 Å². The molecule has 0 aromatic heterocycles. The molecule has 116 valence electrons. The third kappa shape index (κ3) is 3.24. The molecule has 1 fully saturated rings. The first-order chi connectivity index (χ1) is 10.2. The molecule has 0 bridgehead atoms. The van der Waals surface area contributed by atoms with Crippen molar-refractivity contribution in [3.63, 3.8) is 0 Å². The van der Waals surface area contributed by atoms with E-state index in [2.05, 4.69) is 17.4 Å². The summed E-state index contributed by atoms with van der Waals surface area (Å²) in [5.74, 6) is 0.917. The highest BCUT2D eigenvalue weighted by Gasteiger charge is 2.36. The maximum absolute atomic E-state index is 10.0. The SMILES string of the molecule is COc1ccc2c(c1)CC(CO)(NC1CCCCC1)CC2. The molecule has 21 heavy (non-hydrogen) atoms. The van der Waals surface area contributed by atoms with Gasteiger partial charge in [0.1, 0.15) is 5.75 Å². The lowest BCUT2D eigenvalue weighted by atomic mass is 9.77. The van der Waals surface area contributed by atoms with E-state index in [4.69, 9.17) is 4.74 Å². The second-order valence-electron chi connectivity index (χ2n) is 6.73. The summed E-state index contributed by atoms with van der Waals surface area (Å²) in [6.45, 7) is 0.222. The number of aliphatic hydroxyl groups is 1. The van der Waals surface area contributed by atoms with Crippen molar-refractivity contribution in [1.29, 1.82) is 0 Å². The van der Waals surface area contributed by atoms with Crippen LogP contribution in [0.2, 0.25) is 0 Å². The number of aryl methyl sites for hydroxylation is 1. The van der Waals surface area contributed by atoms with Crippen LogP contribution in [0.1, 0.15) is 49.7 Å². The second kappa shape index (κ2) is 6.37. The van der Waals surface area contributed by atoms with Gasteiger partial charge in [-0.05, 0) is 55.4 Å². The maximum atomic E-state index is 10.0. The average molecular weight is 289 g/mol. The zero-order chi connectivity index (χ0) is 14.7. The minimum Gasteiger partial charge on any atom is -0.497 e. The van der Waals surface area contributed by atoms with Crippen LogP contribution in [0.3, 0.4) is 0 Å². The number of fused-ring (bicyclic) bond motifs is 1. The molecule has 3 rings (SSSR count). The van der Waals surface area contributed by atoms with Crippen LogP contribution in [-0.2, 0) is 12.8 Å². The summed E-state index contributed by atoms with van der Waals surface area (Å²) < 4.78 is 5.35. The van der Waals surface area contributed by atoms with Gasteiger partial charge in [-0.2, -0.15) is 0 Å². The van der Waals surface area contributed by atoms with Crippen LogP contribution in [-0.4, -0.2) is 30.4 Å². The Hall–Kier alpha value is -1.06. The van der Waals surface area contributed by atoms with Gasteiger partial charge in [0.05, 0.1) is 13.7 Å². The molecule has 3 heteroatoms. The topological polar surface area (TPSA) is 41.5 Å². The Balaban J connectivity index is 1.76. The summed E-state index contributed by atoms with van der Waals surface area (Å²) in [6, 6.07) is 6.94. The minimum atomic E-state index is -0.138. The van der Waals surface area contributed by atoms with Gasteiger partial charge in [-0.3, -0.25) is 0 Å². The van der Waals surface area contributed by atoms with Crippen LogP contribution in [0.5, 0.6) is 5.75 Å². The van der Waals surface area contributed by atoms with Gasteiger partial charge in [-0.15, -0.1) is 0 Å². The van der Waals surface area contributed by atoms with Crippen LogP contribution < -0.4 is 10.1 Å². The predicted molar refractivity (Wildman–Crippen MR) is 84.8 cm³/mol. The second-order valence-corrected chi connectivity index (χ2v) is 6.73. The fraction of sp³-hybridized carbons (Fsp3) is 0.667. The molecular formula is C18H27NO2. The van der Waals surface area contributed by atoms with E-state index in [0.29, 0.717) is 6.04 Å². The number of ether oxygens (including phenoxy) is 1. The van der Waals surface area contributed by atoms with Crippen molar-refractivity contribution < 1.29 is 9.84 Å². The summed E-state index contributed by atoms with van der Waals surface area (Å²) in [5.41, 5.74) is 2.60. The normalized spacial score (nSPS) is 26.4. The fourth-order valence-electron chi connectivity index (χ4n) is 3.95. The standard InChI is InChI=1S/C18H27NO2/c1-21-17-8-7-14-9-10-18(13-20,12-15(14)11-17)19-16-5-3-2-4-6-16/h7-8,11,16,19-20H,2-6,9-10,12-13H2,1H3. The first-order valence-electron chi connectivity index (χ1n) is 8.29. The van der Waals surface area contributed by atoms with E-state index >= 15 is 0 Å². The lowest BCUT2D eigenvalue weighted by Crippen LogP contribution is -2.56. The highest BCUT2D eigenvalue weighted by Crippen LogP contribution is 2.32. The smallest absolute Gasteiger partial charge is 0.119 e. The zero-order valence-corrected chi connectivity index (χ0v) is 13.0. The van der Waals surface area contributed by atoms with Crippen LogP contribution in [0.15, 0.2) is 18.2 Å². The number of methoxy groups -OCH3 is 1. The molecule has 0 saturated heterocycles. The quantitative estimate of drug-likeness (QED) is 0.895. The van der Waals surface area contributed by atoms with Crippen LogP contribution in [0.25, 0.3) is 0 Å². The molecule has 0 heterocycles. The van der Waals surface area contributed by atoms with Crippen molar-refractivity contribution in [2.75, 3.05) is 13.7 Å². The number of nitrogens with one attached hydrogen (secondary N) is 1. The Morgan fingerprint density at radius 1 is 1.24 bits per heavy atom. The lowest BCUT2D eigenvalue weighted by molar-refractivity contribution is 0.123. The average Bonchev–Trinajstić information content (AvgIpc) is 2.55. The first kappa shape index (κ1) is 14.9. The summed E-state index contributed by atoms with van der Waals surface area (Å²) in [7, 11) is 1.71. The monoisotopic (exact) mass is 289 g/mol. The van der Waals surface area contributed by atoms with Gasteiger partial charge in [0.2, 0.25) is 0 Å². The third-order valence-corrected chi connectivity index (χ3v) is 5.23. The summed E-state index contributed by atoms with van der Waals surface area (Å²) >= 11 is 0. The van der Waals surface area contributed by atoms with Gasteiger partial charge < -0.3 is 15.2 Å². The van der Waals surface area contributed by atoms with Crippen molar-refractivity contribution in [3.05, 3.63) is 29.3 Å². The molecule has 3 nitrogen and oxygen atoms in total. The molecule has 2 N–H and O–H groups in total. The highest BCUT2D eigenvalue weighted by molar-refractivity contribution is 5.39. The number of benzene rings is 1. The van der Waals surface area contributed by atoms with E-state index in [1.165, 1.54) is 43.2 Å². The number of hydrogen-bond acceptors (Lipinski definition) is 3. The molecule has 1 saturated carbocycles. The molecule has 1 aromatic rings. The van der Waals surface area contributed by atoms with Crippen LogP contribution in [0.4, 0.5) is 0 Å². The Morgan fingerprint density at radius 2 is 2.05 bits per heavy atom. The van der Waals surface area contributed by atoms with Gasteiger partial charge in [0.25, 0.3) is 0 Å². The molecule has 1 aromatic carbocycles. The number of rotatable bonds is 4. The molecule has 0 amide bonds. The minimum absolute atomic E-state index is 0.138. The van der Waals surface area contributed by atoms with Gasteiger partial charge >= 0.3 is 0 Å². The molecule has 1 atom stereocenters. The van der Waals surface area contributed by atoms with E-state index in [1.54, 1.807) is 7.11 Å². The van der Waals surface area contributed by atoms with E-state index in [1.807, 2.05) is 6.07 Å². The third-order valence-electron chi connectivity index (χ3n) is 5.23. The Bertz CT molecular complexity index is 482. The summed E-state index contributed by atoms with van der Waals surface area (Å²) in [6.07, 6.45) is 9.50. The molecule has 1 unspecified atom stereocenters. The fourth-order valence-corrected chi connectivity index (χ4v) is 3.95. The Kier molecular flexibility index (Phi) is 4.51. The van der Waals surface area contributed by atoms with Crippen molar-refractivity contribution in [2.24, 2.45) is 0 Å². The molecule has 0 radical (unpaired) electrons. The maximum Gasteiger partial charge on any atom is 0.119 e. The molecule has 2 aliphatic rings. The Labute approximate surface area is 127 Å². The van der Waals surface area contributed by atoms with Gasteiger partial charge in [0, 0.05) is 11.6 Å². The van der Waals surface area contributed by atoms with E-state index in [9.17, 15) is 5.11 Å². The van der Waals surface area contributed by atoms with Crippen molar-refractivity contribution in [3.8, 4) is 5.75 Å². The van der Waals surface area contributed by atoms with E-state index in [-0.39, 0.29) is 12.1 Å². The Morgan fingerprint density at radius 3 is 2.76 bits per heavy atom. The van der Waals surface area contributed by atoms with Crippen molar-refractivity contribution in [1.82, 2.24) is 5.32 Å². The predicted octanol–water partition coefficient (Wildman–Crippen LogP) is 2.84. The largest absolute Gasteiger partial charge is 0.497 e. The number of hydrogen-bond donors (Lipinski definition) is 2. The van der Waals surface area contributed by atoms with Gasteiger partial charge in [-0.1, -0.05) is 25.3 Å². The summed E-state index contributed by atoms with van der Waals surface area (Å²) in [5, 5.41) is 13.8. The van der Waals surface area contributed by atoms with Gasteiger partial charge in [0.15, 0.2) is 0 Å². The zero-order valence-electron chi connectivity index (χ0n) is 13.0. The van der Waals surface area contributed by atoms with Crippen LogP contribution >= 0.6 is 0 Å². The molecular weight excluding hydrogens is 262 g/mol. The summed E-state index contributed by atoms with van der Waals surface area (Å²) in [4.78, 5) is 0. The molecule has 0 spiro atoms. The van der Waals surface area contributed by atoms with Gasteiger partial charge in [-0.25, -0.2) is 0 Å². The molecule has 0 aliphatic heterocycles. The van der Waals surface area contributed by atoms with Crippen LogP contribution in [0, 0.1) is 0 Å². The van der Waals surface area contributed by atoms with E-state index < -0.39 is 0 Å². The first-order valence-corrected chi connectivity index (χ1v) is 8.29. The highest BCUT2D eigenvalue weighted by atomic mass is 16.5. The number of aliphatic hydroxyl groups excluding tert-OH is 1.